The molecule has 1 N–H and O–H groups in total. The van der Waals surface area contributed by atoms with Crippen molar-refractivity contribution in [1.29, 1.82) is 0 Å². The van der Waals surface area contributed by atoms with E-state index in [2.05, 4.69) is 15.3 Å². The van der Waals surface area contributed by atoms with E-state index in [1.165, 1.54) is 19.4 Å². The summed E-state index contributed by atoms with van der Waals surface area (Å²) < 4.78 is 43.6. The number of alkyl halides is 3. The minimum Gasteiger partial charge on any atom is -0.481 e. The minimum absolute atomic E-state index is 0.0480. The van der Waals surface area contributed by atoms with Gasteiger partial charge in [0.05, 0.1) is 12.1 Å². The molecule has 0 saturated heterocycles. The number of amides is 1. The molecule has 1 aliphatic heterocycles. The Morgan fingerprint density at radius 1 is 1.21 bits per heavy atom. The number of nitrogens with zero attached hydrogens (tertiary/aromatic N) is 2. The van der Waals surface area contributed by atoms with Crippen LogP contribution in [0, 0.1) is 0 Å². The molecule has 0 spiro atoms. The zero-order valence-corrected chi connectivity index (χ0v) is 13.3. The fourth-order valence-corrected chi connectivity index (χ4v) is 2.85. The molecule has 3 rings (SSSR count). The van der Waals surface area contributed by atoms with Crippen LogP contribution in [0.3, 0.4) is 0 Å². The van der Waals surface area contributed by atoms with Gasteiger partial charge in [0.1, 0.15) is 11.1 Å². The second-order valence-corrected chi connectivity index (χ2v) is 5.84. The summed E-state index contributed by atoms with van der Waals surface area (Å²) in [5.41, 5.74) is -1.72. The molecule has 1 atom stereocenters. The number of carbonyl (C=O) groups is 1. The van der Waals surface area contributed by atoms with Gasteiger partial charge in [0, 0.05) is 29.2 Å². The maximum atomic E-state index is 12.8. The molecule has 1 aliphatic rings. The van der Waals surface area contributed by atoms with Crippen molar-refractivity contribution in [3.05, 3.63) is 46.4 Å². The number of rotatable bonds is 2. The zero-order valence-electron chi connectivity index (χ0n) is 12.5. The lowest BCUT2D eigenvalue weighted by Gasteiger charge is -2.24. The van der Waals surface area contributed by atoms with Gasteiger partial charge in [-0.2, -0.15) is 13.2 Å². The minimum atomic E-state index is -4.60. The number of fused-ring (bicyclic) bond motifs is 1. The highest BCUT2D eigenvalue weighted by Crippen LogP contribution is 2.46. The summed E-state index contributed by atoms with van der Waals surface area (Å²) in [5, 5.41) is 2.74. The molecule has 126 valence electrons. The highest BCUT2D eigenvalue weighted by Gasteiger charge is 2.48. The Hall–Kier alpha value is -2.35. The normalized spacial score (nSPS) is 19.8. The van der Waals surface area contributed by atoms with Gasteiger partial charge in [-0.3, -0.25) is 9.78 Å². The maximum Gasteiger partial charge on any atom is 0.433 e. The van der Waals surface area contributed by atoms with Gasteiger partial charge in [-0.1, -0.05) is 11.6 Å². The number of halogens is 4. The Morgan fingerprint density at radius 3 is 2.54 bits per heavy atom. The van der Waals surface area contributed by atoms with Gasteiger partial charge in [0.15, 0.2) is 0 Å². The standard InChI is InChI=1S/C15H11ClF3N3O2/c1-14(8-3-7(16)5-21-12(8)24-2)9-6-20-11(15(17,18)19)4-10(9)22-13(14)23/h3-6H,1-2H3,(H,22,23)/t14-/m1/s1. The van der Waals surface area contributed by atoms with E-state index in [1.54, 1.807) is 6.92 Å². The molecule has 0 radical (unpaired) electrons. The quantitative estimate of drug-likeness (QED) is 0.894. The Kier molecular flexibility index (Phi) is 3.67. The number of nitrogens with one attached hydrogen (secondary N) is 1. The molecule has 0 saturated carbocycles. The number of aromatic nitrogens is 2. The lowest BCUT2D eigenvalue weighted by molar-refractivity contribution is -0.141. The summed E-state index contributed by atoms with van der Waals surface area (Å²) in [6.07, 6.45) is -2.21. The summed E-state index contributed by atoms with van der Waals surface area (Å²) in [7, 11) is 1.38. The second kappa shape index (κ2) is 5.34. The first kappa shape index (κ1) is 16.5. The Morgan fingerprint density at radius 2 is 1.92 bits per heavy atom. The summed E-state index contributed by atoms with van der Waals surface area (Å²) >= 11 is 5.96. The second-order valence-electron chi connectivity index (χ2n) is 5.40. The third-order valence-corrected chi connectivity index (χ3v) is 4.19. The molecule has 9 heteroatoms. The predicted molar refractivity (Wildman–Crippen MR) is 80.1 cm³/mol. The molecule has 5 nitrogen and oxygen atoms in total. The van der Waals surface area contributed by atoms with E-state index in [0.717, 1.165) is 12.3 Å². The van der Waals surface area contributed by atoms with Gasteiger partial charge in [-0.25, -0.2) is 4.98 Å². The van der Waals surface area contributed by atoms with E-state index in [0.29, 0.717) is 11.1 Å². The molecule has 0 fully saturated rings. The monoisotopic (exact) mass is 357 g/mol. The van der Waals surface area contributed by atoms with Gasteiger partial charge in [-0.15, -0.1) is 0 Å². The summed E-state index contributed by atoms with van der Waals surface area (Å²) in [5.74, 6) is -0.356. The van der Waals surface area contributed by atoms with Gasteiger partial charge in [-0.05, 0) is 19.1 Å². The molecule has 24 heavy (non-hydrogen) atoms. The fourth-order valence-electron chi connectivity index (χ4n) is 2.70. The highest BCUT2D eigenvalue weighted by atomic mass is 35.5. The van der Waals surface area contributed by atoms with Crippen molar-refractivity contribution in [3.63, 3.8) is 0 Å². The van der Waals surface area contributed by atoms with Crippen LogP contribution < -0.4 is 10.1 Å². The predicted octanol–water partition coefficient (Wildman–Crippen LogP) is 3.42. The average molecular weight is 358 g/mol. The van der Waals surface area contributed by atoms with E-state index >= 15 is 0 Å². The van der Waals surface area contributed by atoms with Gasteiger partial charge in [0.2, 0.25) is 11.8 Å². The topological polar surface area (TPSA) is 64.1 Å². The molecule has 0 aromatic carbocycles. The number of carbonyl (C=O) groups excluding carboxylic acids is 1. The zero-order chi connectivity index (χ0) is 17.7. The van der Waals surface area contributed by atoms with Gasteiger partial charge >= 0.3 is 6.18 Å². The molecule has 0 unspecified atom stereocenters. The third kappa shape index (κ3) is 2.37. The molecule has 3 heterocycles. The van der Waals surface area contributed by atoms with Crippen molar-refractivity contribution in [2.75, 3.05) is 12.4 Å². The molecule has 0 aliphatic carbocycles. The van der Waals surface area contributed by atoms with E-state index in [1.807, 2.05) is 0 Å². The van der Waals surface area contributed by atoms with E-state index in [-0.39, 0.29) is 16.6 Å². The van der Waals surface area contributed by atoms with E-state index in [4.69, 9.17) is 16.3 Å². The lowest BCUT2D eigenvalue weighted by atomic mass is 9.78. The van der Waals surface area contributed by atoms with Crippen molar-refractivity contribution in [3.8, 4) is 5.88 Å². The smallest absolute Gasteiger partial charge is 0.433 e. The lowest BCUT2D eigenvalue weighted by Crippen LogP contribution is -2.33. The molecule has 2 aromatic heterocycles. The molecular formula is C15H11ClF3N3O2. The van der Waals surface area contributed by atoms with Crippen molar-refractivity contribution < 1.29 is 22.7 Å². The van der Waals surface area contributed by atoms with Crippen LogP contribution in [0.2, 0.25) is 5.02 Å². The molecule has 1 amide bonds. The van der Waals surface area contributed by atoms with Crippen LogP contribution in [0.5, 0.6) is 5.88 Å². The van der Waals surface area contributed by atoms with Crippen LogP contribution >= 0.6 is 11.6 Å². The number of anilines is 1. The first-order valence-corrected chi connectivity index (χ1v) is 7.15. The maximum absolute atomic E-state index is 12.8. The van der Waals surface area contributed by atoms with Crippen LogP contribution in [0.4, 0.5) is 18.9 Å². The highest BCUT2D eigenvalue weighted by molar-refractivity contribution is 6.30. The third-order valence-electron chi connectivity index (χ3n) is 3.99. The van der Waals surface area contributed by atoms with Crippen LogP contribution in [0.15, 0.2) is 24.5 Å². The Bertz CT molecular complexity index is 841. The van der Waals surface area contributed by atoms with Crippen molar-refractivity contribution >= 4 is 23.2 Å². The first-order chi connectivity index (χ1) is 11.2. The SMILES string of the molecule is COc1ncc(Cl)cc1[C@@]1(C)C(=O)Nc2cc(C(F)(F)F)ncc21. The van der Waals surface area contributed by atoms with Crippen LogP contribution in [0.1, 0.15) is 23.7 Å². The first-order valence-electron chi connectivity index (χ1n) is 6.77. The largest absolute Gasteiger partial charge is 0.481 e. The average Bonchev–Trinajstić information content (AvgIpc) is 2.78. The van der Waals surface area contributed by atoms with Crippen LogP contribution in [-0.2, 0) is 16.4 Å². The van der Waals surface area contributed by atoms with Crippen molar-refractivity contribution in [2.45, 2.75) is 18.5 Å². The Balaban J connectivity index is 2.21. The number of hydrogen-bond acceptors (Lipinski definition) is 4. The number of ether oxygens (including phenoxy) is 1. The molecule has 0 bridgehead atoms. The number of methoxy groups -OCH3 is 1. The van der Waals surface area contributed by atoms with Gasteiger partial charge in [0.25, 0.3) is 0 Å². The fraction of sp³-hybridized carbons (Fsp3) is 0.267. The summed E-state index contributed by atoms with van der Waals surface area (Å²) in [6, 6.07) is 2.31. The van der Waals surface area contributed by atoms with Crippen molar-refractivity contribution in [2.24, 2.45) is 0 Å². The Labute approximate surface area is 139 Å². The van der Waals surface area contributed by atoms with Gasteiger partial charge < -0.3 is 10.1 Å². The molecule has 2 aromatic rings. The molecular weight excluding hydrogens is 347 g/mol. The number of pyridine rings is 2. The van der Waals surface area contributed by atoms with E-state index in [9.17, 15) is 18.0 Å². The summed E-state index contributed by atoms with van der Waals surface area (Å²) in [6.45, 7) is 1.55. The van der Waals surface area contributed by atoms with Crippen LogP contribution in [-0.4, -0.2) is 23.0 Å². The summed E-state index contributed by atoms with van der Waals surface area (Å²) in [4.78, 5) is 20.0. The van der Waals surface area contributed by atoms with E-state index < -0.39 is 23.2 Å². The number of hydrogen-bond donors (Lipinski definition) is 1. The van der Waals surface area contributed by atoms with Crippen molar-refractivity contribution in [1.82, 2.24) is 9.97 Å². The van der Waals surface area contributed by atoms with Crippen LogP contribution in [0.25, 0.3) is 0 Å².